The van der Waals surface area contributed by atoms with Crippen LogP contribution in [0.2, 0.25) is 0 Å². The summed E-state index contributed by atoms with van der Waals surface area (Å²) in [4.78, 5) is 14.7. The smallest absolute Gasteiger partial charge is 0.267 e. The maximum atomic E-state index is 12.7. The van der Waals surface area contributed by atoms with Gasteiger partial charge in [0.05, 0.1) is 0 Å². The second-order valence-corrected chi connectivity index (χ2v) is 6.53. The number of unbranched alkanes of at least 4 members (excludes halogenated alkanes) is 2. The van der Waals surface area contributed by atoms with Crippen LogP contribution in [0.25, 0.3) is 10.8 Å². The second kappa shape index (κ2) is 10.2. The van der Waals surface area contributed by atoms with E-state index in [1.165, 1.54) is 0 Å². The van der Waals surface area contributed by atoms with Gasteiger partial charge >= 0.3 is 0 Å². The van der Waals surface area contributed by atoms with Gasteiger partial charge in [-0.3, -0.25) is 4.79 Å². The second-order valence-electron chi connectivity index (χ2n) is 6.53. The zero-order chi connectivity index (χ0) is 19.6. The van der Waals surface area contributed by atoms with Crippen molar-refractivity contribution in [1.29, 1.82) is 5.26 Å². The normalized spacial score (nSPS) is 11.2. The summed E-state index contributed by atoms with van der Waals surface area (Å²) in [6.07, 6.45) is 5.82. The Kier molecular flexibility index (Phi) is 7.69. The molecule has 0 spiro atoms. The van der Waals surface area contributed by atoms with Gasteiger partial charge in [0.1, 0.15) is 17.4 Å². The van der Waals surface area contributed by atoms with Crippen molar-refractivity contribution in [3.8, 4) is 11.8 Å². The zero-order valence-corrected chi connectivity index (χ0v) is 16.0. The van der Waals surface area contributed by atoms with Gasteiger partial charge in [0.2, 0.25) is 0 Å². The Morgan fingerprint density at radius 3 is 2.37 bits per heavy atom. The van der Waals surface area contributed by atoms with Crippen LogP contribution in [0.15, 0.2) is 48.2 Å². The van der Waals surface area contributed by atoms with Crippen LogP contribution in [-0.4, -0.2) is 29.0 Å². The van der Waals surface area contributed by atoms with E-state index in [1.54, 1.807) is 36.5 Å². The number of anilines is 1. The van der Waals surface area contributed by atoms with Crippen molar-refractivity contribution in [2.24, 2.45) is 0 Å². The van der Waals surface area contributed by atoms with Crippen molar-refractivity contribution in [3.05, 3.63) is 48.2 Å². The summed E-state index contributed by atoms with van der Waals surface area (Å²) < 4.78 is 0. The number of amides is 1. The number of nitrogens with one attached hydrogen (secondary N) is 1. The number of benzene rings is 2. The molecule has 0 aliphatic rings. The first-order valence-corrected chi connectivity index (χ1v) is 9.48. The molecular formula is C22H27N3O2. The maximum absolute atomic E-state index is 12.7. The van der Waals surface area contributed by atoms with E-state index >= 15 is 0 Å². The van der Waals surface area contributed by atoms with Gasteiger partial charge in [0.15, 0.2) is 0 Å². The van der Waals surface area contributed by atoms with Crippen molar-refractivity contribution >= 4 is 22.4 Å². The highest BCUT2D eigenvalue weighted by Crippen LogP contribution is 2.30. The lowest BCUT2D eigenvalue weighted by atomic mass is 10.1. The summed E-state index contributed by atoms with van der Waals surface area (Å²) in [6, 6.07) is 12.5. The Bertz CT molecular complexity index is 844. The van der Waals surface area contributed by atoms with E-state index < -0.39 is 5.91 Å². The van der Waals surface area contributed by atoms with Crippen LogP contribution >= 0.6 is 0 Å². The Labute approximate surface area is 160 Å². The molecule has 2 N–H and O–H groups in total. The lowest BCUT2D eigenvalue weighted by Gasteiger charge is -2.20. The molecule has 0 bridgehead atoms. The number of carbonyl (C=O) groups is 1. The predicted octanol–water partition coefficient (Wildman–Crippen LogP) is 4.79. The van der Waals surface area contributed by atoms with Crippen LogP contribution in [0.3, 0.4) is 0 Å². The molecule has 2 aromatic carbocycles. The Morgan fingerprint density at radius 2 is 1.74 bits per heavy atom. The molecule has 0 aromatic heterocycles. The summed E-state index contributed by atoms with van der Waals surface area (Å²) in [5, 5.41) is 23.7. The van der Waals surface area contributed by atoms with Crippen LogP contribution in [0.4, 0.5) is 5.69 Å². The predicted molar refractivity (Wildman–Crippen MR) is 109 cm³/mol. The monoisotopic (exact) mass is 365 g/mol. The summed E-state index contributed by atoms with van der Waals surface area (Å²) in [5.41, 5.74) is 0.655. The Hall–Kier alpha value is -3.00. The van der Waals surface area contributed by atoms with Crippen LogP contribution in [0.5, 0.6) is 5.75 Å². The minimum absolute atomic E-state index is 0.0827. The van der Waals surface area contributed by atoms with Gasteiger partial charge in [0, 0.05) is 35.7 Å². The molecular weight excluding hydrogens is 338 g/mol. The van der Waals surface area contributed by atoms with Crippen molar-refractivity contribution in [1.82, 2.24) is 4.90 Å². The summed E-state index contributed by atoms with van der Waals surface area (Å²) in [5.74, 6) is -0.281. The first-order chi connectivity index (χ1) is 13.1. The largest absolute Gasteiger partial charge is 0.507 e. The number of hydrogen-bond donors (Lipinski definition) is 2. The lowest BCUT2D eigenvalue weighted by Crippen LogP contribution is -2.23. The number of fused-ring (bicyclic) bond motifs is 1. The van der Waals surface area contributed by atoms with Gasteiger partial charge in [-0.1, -0.05) is 51.0 Å². The summed E-state index contributed by atoms with van der Waals surface area (Å²) >= 11 is 0. The van der Waals surface area contributed by atoms with Crippen LogP contribution in [0, 0.1) is 11.3 Å². The first kappa shape index (κ1) is 20.3. The van der Waals surface area contributed by atoms with Gasteiger partial charge in [-0.15, -0.1) is 0 Å². The molecule has 2 aromatic rings. The number of nitrogens with zero attached hydrogens (tertiary/aromatic N) is 2. The molecule has 2 rings (SSSR count). The number of phenols is 1. The average Bonchev–Trinajstić information content (AvgIpc) is 2.68. The molecule has 142 valence electrons. The SMILES string of the molecule is CCCCN(/C=C(/C#N)C(=O)Nc1cccc2c(O)cccc12)CCCC. The average molecular weight is 365 g/mol. The number of rotatable bonds is 9. The highest BCUT2D eigenvalue weighted by Gasteiger charge is 2.13. The maximum Gasteiger partial charge on any atom is 0.267 e. The van der Waals surface area contributed by atoms with Crippen LogP contribution in [0.1, 0.15) is 39.5 Å². The molecule has 0 unspecified atom stereocenters. The van der Waals surface area contributed by atoms with E-state index in [0.717, 1.165) is 44.2 Å². The number of carbonyl (C=O) groups excluding carboxylic acids is 1. The zero-order valence-electron chi connectivity index (χ0n) is 16.0. The highest BCUT2D eigenvalue weighted by molar-refractivity contribution is 6.11. The topological polar surface area (TPSA) is 76.4 Å². The Morgan fingerprint density at radius 1 is 1.11 bits per heavy atom. The quantitative estimate of drug-likeness (QED) is 0.495. The third kappa shape index (κ3) is 5.49. The molecule has 5 heteroatoms. The minimum Gasteiger partial charge on any atom is -0.507 e. The summed E-state index contributed by atoms with van der Waals surface area (Å²) in [7, 11) is 0. The molecule has 1 amide bonds. The number of hydrogen-bond acceptors (Lipinski definition) is 4. The fourth-order valence-corrected chi connectivity index (χ4v) is 2.88. The van der Waals surface area contributed by atoms with E-state index in [0.29, 0.717) is 11.1 Å². The van der Waals surface area contributed by atoms with Gasteiger partial charge in [-0.25, -0.2) is 0 Å². The highest BCUT2D eigenvalue weighted by atomic mass is 16.3. The minimum atomic E-state index is -0.439. The van der Waals surface area contributed by atoms with E-state index in [1.807, 2.05) is 12.1 Å². The van der Waals surface area contributed by atoms with Gasteiger partial charge in [-0.2, -0.15) is 5.26 Å². The number of aromatic hydroxyl groups is 1. The first-order valence-electron chi connectivity index (χ1n) is 9.48. The lowest BCUT2D eigenvalue weighted by molar-refractivity contribution is -0.112. The third-order valence-electron chi connectivity index (χ3n) is 4.42. The van der Waals surface area contributed by atoms with Crippen LogP contribution in [-0.2, 0) is 4.79 Å². The van der Waals surface area contributed by atoms with Gasteiger partial charge < -0.3 is 15.3 Å². The molecule has 0 atom stereocenters. The van der Waals surface area contributed by atoms with E-state index in [2.05, 4.69) is 24.1 Å². The van der Waals surface area contributed by atoms with Gasteiger partial charge in [-0.05, 0) is 25.0 Å². The number of nitriles is 1. The van der Waals surface area contributed by atoms with Gasteiger partial charge in [0.25, 0.3) is 5.91 Å². The third-order valence-corrected chi connectivity index (χ3v) is 4.42. The molecule has 0 saturated carbocycles. The molecule has 27 heavy (non-hydrogen) atoms. The fraction of sp³-hybridized carbons (Fsp3) is 0.364. The molecule has 0 fully saturated rings. The standard InChI is InChI=1S/C22H27N3O2/c1-3-5-13-25(14-6-4-2)16-17(15-23)22(27)24-20-11-7-10-19-18(20)9-8-12-21(19)26/h7-12,16,26H,3-6,13-14H2,1-2H3,(H,24,27)/b17-16-. The van der Waals surface area contributed by atoms with Crippen molar-refractivity contribution < 1.29 is 9.90 Å². The Balaban J connectivity index is 2.24. The van der Waals surface area contributed by atoms with Crippen LogP contribution < -0.4 is 5.32 Å². The van der Waals surface area contributed by atoms with E-state index in [-0.39, 0.29) is 11.3 Å². The van der Waals surface area contributed by atoms with E-state index in [9.17, 15) is 15.2 Å². The summed E-state index contributed by atoms with van der Waals surface area (Å²) in [6.45, 7) is 5.90. The molecule has 0 aliphatic carbocycles. The molecule has 0 heterocycles. The van der Waals surface area contributed by atoms with E-state index in [4.69, 9.17) is 0 Å². The molecule has 0 radical (unpaired) electrons. The molecule has 0 aliphatic heterocycles. The number of phenolic OH excluding ortho intramolecular Hbond substituents is 1. The van der Waals surface area contributed by atoms with Crippen molar-refractivity contribution in [2.75, 3.05) is 18.4 Å². The molecule has 5 nitrogen and oxygen atoms in total. The molecule has 0 saturated heterocycles. The van der Waals surface area contributed by atoms with Crippen molar-refractivity contribution in [3.63, 3.8) is 0 Å². The fourth-order valence-electron chi connectivity index (χ4n) is 2.88. The van der Waals surface area contributed by atoms with Crippen molar-refractivity contribution in [2.45, 2.75) is 39.5 Å².